The fourth-order valence-electron chi connectivity index (χ4n) is 2.41. The molecule has 2 aromatic carbocycles. The van der Waals surface area contributed by atoms with Gasteiger partial charge in [0.25, 0.3) is 0 Å². The SMILES string of the molecule is Cc1ccc(-c2ccc(-c3c(F)cc(C)cc3F)cn2)cc1. The normalized spacial score (nSPS) is 10.7. The number of pyridine rings is 1. The average molecular weight is 295 g/mol. The quantitative estimate of drug-likeness (QED) is 0.624. The van der Waals surface area contributed by atoms with Gasteiger partial charge in [-0.3, -0.25) is 4.98 Å². The van der Waals surface area contributed by atoms with Gasteiger partial charge in [0.1, 0.15) is 11.6 Å². The minimum Gasteiger partial charge on any atom is -0.256 e. The second-order valence-electron chi connectivity index (χ2n) is 5.40. The molecule has 0 saturated heterocycles. The van der Waals surface area contributed by atoms with Crippen molar-refractivity contribution in [3.63, 3.8) is 0 Å². The highest BCUT2D eigenvalue weighted by atomic mass is 19.1. The van der Waals surface area contributed by atoms with Crippen molar-refractivity contribution in [2.24, 2.45) is 0 Å². The third-order valence-corrected chi connectivity index (χ3v) is 3.59. The zero-order chi connectivity index (χ0) is 15.7. The lowest BCUT2D eigenvalue weighted by molar-refractivity contribution is 0.587. The van der Waals surface area contributed by atoms with Gasteiger partial charge in [-0.05, 0) is 37.6 Å². The molecule has 0 unspecified atom stereocenters. The van der Waals surface area contributed by atoms with Gasteiger partial charge in [0, 0.05) is 17.3 Å². The predicted octanol–water partition coefficient (Wildman–Crippen LogP) is 5.31. The van der Waals surface area contributed by atoms with E-state index in [9.17, 15) is 8.78 Å². The zero-order valence-electron chi connectivity index (χ0n) is 12.4. The van der Waals surface area contributed by atoms with E-state index >= 15 is 0 Å². The first kappa shape index (κ1) is 14.4. The second kappa shape index (κ2) is 5.68. The highest BCUT2D eigenvalue weighted by Crippen LogP contribution is 2.28. The van der Waals surface area contributed by atoms with E-state index in [1.54, 1.807) is 19.1 Å². The van der Waals surface area contributed by atoms with Gasteiger partial charge in [0.05, 0.1) is 11.3 Å². The van der Waals surface area contributed by atoms with Crippen LogP contribution < -0.4 is 0 Å². The molecule has 1 heterocycles. The first-order valence-electron chi connectivity index (χ1n) is 7.04. The smallest absolute Gasteiger partial charge is 0.134 e. The number of aryl methyl sites for hydroxylation is 2. The summed E-state index contributed by atoms with van der Waals surface area (Å²) >= 11 is 0. The van der Waals surface area contributed by atoms with Crippen molar-refractivity contribution >= 4 is 0 Å². The Hall–Kier alpha value is -2.55. The molecule has 0 spiro atoms. The van der Waals surface area contributed by atoms with Crippen LogP contribution in [-0.2, 0) is 0 Å². The largest absolute Gasteiger partial charge is 0.256 e. The standard InChI is InChI=1S/C19H15F2N/c1-12-3-5-14(6-4-12)18-8-7-15(11-22-18)19-16(20)9-13(2)10-17(19)21/h3-11H,1-2H3. The summed E-state index contributed by atoms with van der Waals surface area (Å²) in [5.41, 5.74) is 3.88. The van der Waals surface area contributed by atoms with E-state index in [0.717, 1.165) is 11.3 Å². The summed E-state index contributed by atoms with van der Waals surface area (Å²) in [7, 11) is 0. The molecule has 22 heavy (non-hydrogen) atoms. The molecular weight excluding hydrogens is 280 g/mol. The van der Waals surface area contributed by atoms with E-state index in [4.69, 9.17) is 0 Å². The van der Waals surface area contributed by atoms with Gasteiger partial charge in [-0.1, -0.05) is 35.9 Å². The third kappa shape index (κ3) is 2.75. The maximum absolute atomic E-state index is 14.0. The van der Waals surface area contributed by atoms with Crippen LogP contribution >= 0.6 is 0 Å². The van der Waals surface area contributed by atoms with Gasteiger partial charge in [-0.25, -0.2) is 8.78 Å². The highest BCUT2D eigenvalue weighted by molar-refractivity contribution is 5.68. The van der Waals surface area contributed by atoms with Crippen LogP contribution in [0.2, 0.25) is 0 Å². The molecule has 0 amide bonds. The first-order chi connectivity index (χ1) is 10.5. The van der Waals surface area contributed by atoms with Gasteiger partial charge in [0.15, 0.2) is 0 Å². The Balaban J connectivity index is 2.00. The van der Waals surface area contributed by atoms with Crippen LogP contribution in [0.25, 0.3) is 22.4 Å². The van der Waals surface area contributed by atoms with Crippen molar-refractivity contribution in [2.75, 3.05) is 0 Å². The van der Waals surface area contributed by atoms with E-state index in [1.807, 2.05) is 31.2 Å². The Morgan fingerprint density at radius 3 is 1.86 bits per heavy atom. The summed E-state index contributed by atoms with van der Waals surface area (Å²) < 4.78 is 28.0. The lowest BCUT2D eigenvalue weighted by Crippen LogP contribution is -1.93. The third-order valence-electron chi connectivity index (χ3n) is 3.59. The van der Waals surface area contributed by atoms with Crippen molar-refractivity contribution in [2.45, 2.75) is 13.8 Å². The molecule has 0 bridgehead atoms. The lowest BCUT2D eigenvalue weighted by atomic mass is 10.0. The number of halogens is 2. The van der Waals surface area contributed by atoms with Crippen LogP contribution in [0.4, 0.5) is 8.78 Å². The number of rotatable bonds is 2. The van der Waals surface area contributed by atoms with Crippen LogP contribution in [0.15, 0.2) is 54.7 Å². The van der Waals surface area contributed by atoms with E-state index < -0.39 is 11.6 Å². The summed E-state index contributed by atoms with van der Waals surface area (Å²) in [6.07, 6.45) is 1.51. The Morgan fingerprint density at radius 2 is 1.32 bits per heavy atom. The van der Waals surface area contributed by atoms with Gasteiger partial charge in [-0.15, -0.1) is 0 Å². The maximum Gasteiger partial charge on any atom is 0.134 e. The number of hydrogen-bond acceptors (Lipinski definition) is 1. The molecule has 0 saturated carbocycles. The molecule has 0 aliphatic rings. The molecule has 110 valence electrons. The number of aromatic nitrogens is 1. The Kier molecular flexibility index (Phi) is 3.72. The summed E-state index contributed by atoms with van der Waals surface area (Å²) in [5, 5.41) is 0. The molecule has 0 radical (unpaired) electrons. The Bertz CT molecular complexity index is 783. The van der Waals surface area contributed by atoms with Crippen molar-refractivity contribution in [3.8, 4) is 22.4 Å². The zero-order valence-corrected chi connectivity index (χ0v) is 12.4. The van der Waals surface area contributed by atoms with Crippen LogP contribution in [-0.4, -0.2) is 4.98 Å². The molecule has 3 heteroatoms. The fourth-order valence-corrected chi connectivity index (χ4v) is 2.41. The van der Waals surface area contributed by atoms with Crippen LogP contribution in [0.1, 0.15) is 11.1 Å². The van der Waals surface area contributed by atoms with E-state index in [2.05, 4.69) is 4.98 Å². The van der Waals surface area contributed by atoms with Crippen molar-refractivity contribution in [1.29, 1.82) is 0 Å². The van der Waals surface area contributed by atoms with Gasteiger partial charge in [-0.2, -0.15) is 0 Å². The highest BCUT2D eigenvalue weighted by Gasteiger charge is 2.12. The van der Waals surface area contributed by atoms with Crippen molar-refractivity contribution < 1.29 is 8.78 Å². The molecule has 3 aromatic rings. The van der Waals surface area contributed by atoms with Crippen molar-refractivity contribution in [1.82, 2.24) is 4.98 Å². The van der Waals surface area contributed by atoms with E-state index in [0.29, 0.717) is 11.1 Å². The lowest BCUT2D eigenvalue weighted by Gasteiger charge is -2.08. The minimum absolute atomic E-state index is 0.0337. The second-order valence-corrected chi connectivity index (χ2v) is 5.40. The minimum atomic E-state index is -0.567. The molecule has 3 rings (SSSR count). The maximum atomic E-state index is 14.0. The number of benzene rings is 2. The first-order valence-corrected chi connectivity index (χ1v) is 7.04. The van der Waals surface area contributed by atoms with Crippen LogP contribution in [0.5, 0.6) is 0 Å². The number of nitrogens with zero attached hydrogens (tertiary/aromatic N) is 1. The topological polar surface area (TPSA) is 12.9 Å². The molecule has 0 aliphatic carbocycles. The van der Waals surface area contributed by atoms with Gasteiger partial charge < -0.3 is 0 Å². The molecule has 0 aliphatic heterocycles. The molecule has 1 nitrogen and oxygen atoms in total. The fraction of sp³-hybridized carbons (Fsp3) is 0.105. The van der Waals surface area contributed by atoms with Gasteiger partial charge in [0.2, 0.25) is 0 Å². The van der Waals surface area contributed by atoms with E-state index in [-0.39, 0.29) is 5.56 Å². The summed E-state index contributed by atoms with van der Waals surface area (Å²) in [6.45, 7) is 3.68. The van der Waals surface area contributed by atoms with E-state index in [1.165, 1.54) is 23.9 Å². The summed E-state index contributed by atoms with van der Waals surface area (Å²) in [5.74, 6) is -1.13. The van der Waals surface area contributed by atoms with Crippen molar-refractivity contribution in [3.05, 3.63) is 77.5 Å². The number of hydrogen-bond donors (Lipinski definition) is 0. The van der Waals surface area contributed by atoms with Gasteiger partial charge >= 0.3 is 0 Å². The van der Waals surface area contributed by atoms with Crippen LogP contribution in [0.3, 0.4) is 0 Å². The monoisotopic (exact) mass is 295 g/mol. The summed E-state index contributed by atoms with van der Waals surface area (Å²) in [4.78, 5) is 4.33. The van der Waals surface area contributed by atoms with Crippen LogP contribution in [0, 0.1) is 25.5 Å². The Morgan fingerprint density at radius 1 is 0.727 bits per heavy atom. The molecule has 1 aromatic heterocycles. The molecule has 0 atom stereocenters. The summed E-state index contributed by atoms with van der Waals surface area (Å²) in [6, 6.07) is 14.1. The average Bonchev–Trinajstić information content (AvgIpc) is 2.48. The molecule has 0 N–H and O–H groups in total. The Labute approximate surface area is 128 Å². The molecular formula is C19H15F2N. The predicted molar refractivity (Wildman–Crippen MR) is 84.5 cm³/mol. The molecule has 0 fully saturated rings.